The fourth-order valence-electron chi connectivity index (χ4n) is 3.11. The maximum absolute atomic E-state index is 5.91. The quantitative estimate of drug-likeness (QED) is 0.888. The highest BCUT2D eigenvalue weighted by atomic mass is 15.3. The molecule has 100 valence electrons. The van der Waals surface area contributed by atoms with Gasteiger partial charge < -0.3 is 5.73 Å². The minimum atomic E-state index is 0.688. The number of rotatable bonds is 2. The smallest absolute Gasteiger partial charge is 0.121 e. The summed E-state index contributed by atoms with van der Waals surface area (Å²) in [5, 5.41) is 4.53. The first-order valence-corrected chi connectivity index (χ1v) is 7.14. The third-order valence-electron chi connectivity index (χ3n) is 4.20. The zero-order chi connectivity index (χ0) is 13.2. The summed E-state index contributed by atoms with van der Waals surface area (Å²) in [6, 6.07) is 10.6. The number of nitrogens with two attached hydrogens (primary N) is 1. The number of nitrogens with zero attached hydrogens (tertiary/aromatic N) is 2. The van der Waals surface area contributed by atoms with E-state index < -0.39 is 0 Å². The average Bonchev–Trinajstić information content (AvgIpc) is 2.80. The predicted molar refractivity (Wildman–Crippen MR) is 78.9 cm³/mol. The minimum absolute atomic E-state index is 0.688. The van der Waals surface area contributed by atoms with E-state index in [0.29, 0.717) is 11.7 Å². The Kier molecular flexibility index (Phi) is 3.28. The van der Waals surface area contributed by atoms with Crippen LogP contribution < -0.4 is 5.73 Å². The Morgan fingerprint density at radius 2 is 1.89 bits per heavy atom. The van der Waals surface area contributed by atoms with Crippen molar-refractivity contribution in [2.75, 3.05) is 5.73 Å². The largest absolute Gasteiger partial charge is 0.384 e. The highest BCUT2D eigenvalue weighted by molar-refractivity contribution is 5.67. The first-order chi connectivity index (χ1) is 9.25. The number of hydrogen-bond donors (Lipinski definition) is 1. The molecule has 19 heavy (non-hydrogen) atoms. The lowest BCUT2D eigenvalue weighted by Crippen LogP contribution is -2.06. The van der Waals surface area contributed by atoms with Crippen LogP contribution in [0, 0.1) is 0 Å². The summed E-state index contributed by atoms with van der Waals surface area (Å²) in [4.78, 5) is 0. The first-order valence-electron chi connectivity index (χ1n) is 7.14. The minimum Gasteiger partial charge on any atom is -0.384 e. The van der Waals surface area contributed by atoms with Crippen molar-refractivity contribution in [3.8, 4) is 11.3 Å². The molecule has 1 aromatic heterocycles. The van der Waals surface area contributed by atoms with Crippen molar-refractivity contribution >= 4 is 5.82 Å². The van der Waals surface area contributed by atoms with Gasteiger partial charge in [0.1, 0.15) is 5.82 Å². The van der Waals surface area contributed by atoms with Gasteiger partial charge in [-0.25, -0.2) is 0 Å². The average molecular weight is 255 g/mol. The van der Waals surface area contributed by atoms with Crippen LogP contribution in [0.1, 0.15) is 43.6 Å². The van der Waals surface area contributed by atoms with Crippen LogP contribution in [0.25, 0.3) is 11.3 Å². The molecule has 1 fully saturated rings. The maximum Gasteiger partial charge on any atom is 0.121 e. The highest BCUT2D eigenvalue weighted by Crippen LogP contribution is 2.37. The van der Waals surface area contributed by atoms with Gasteiger partial charge >= 0.3 is 0 Å². The standard InChI is InChI=1S/C16H21N3/c1-19-16(17)11-15(18-19)14-10-6-5-9-13(14)12-7-3-2-4-8-12/h5-6,9-12H,2-4,7-8,17H2,1H3. The van der Waals surface area contributed by atoms with E-state index in [1.54, 1.807) is 4.68 Å². The zero-order valence-electron chi connectivity index (χ0n) is 11.5. The molecule has 0 aliphatic heterocycles. The summed E-state index contributed by atoms with van der Waals surface area (Å²) in [5.41, 5.74) is 9.60. The third-order valence-corrected chi connectivity index (χ3v) is 4.20. The molecule has 0 spiro atoms. The molecule has 0 unspecified atom stereocenters. The zero-order valence-corrected chi connectivity index (χ0v) is 11.5. The van der Waals surface area contributed by atoms with E-state index in [9.17, 15) is 0 Å². The molecule has 1 aliphatic rings. The summed E-state index contributed by atoms with van der Waals surface area (Å²) in [6.07, 6.45) is 6.70. The molecule has 2 aromatic rings. The molecule has 3 rings (SSSR count). The Hall–Kier alpha value is -1.77. The second-order valence-electron chi connectivity index (χ2n) is 5.50. The number of aryl methyl sites for hydroxylation is 1. The summed E-state index contributed by atoms with van der Waals surface area (Å²) in [6.45, 7) is 0. The van der Waals surface area contributed by atoms with Gasteiger partial charge in [0.25, 0.3) is 0 Å². The van der Waals surface area contributed by atoms with Gasteiger partial charge in [-0.15, -0.1) is 0 Å². The maximum atomic E-state index is 5.91. The lowest BCUT2D eigenvalue weighted by molar-refractivity contribution is 0.444. The molecule has 1 saturated carbocycles. The van der Waals surface area contributed by atoms with E-state index in [2.05, 4.69) is 29.4 Å². The summed E-state index contributed by atoms with van der Waals surface area (Å²) < 4.78 is 1.74. The lowest BCUT2D eigenvalue weighted by Gasteiger charge is -2.23. The number of benzene rings is 1. The predicted octanol–water partition coefficient (Wildman–Crippen LogP) is 3.72. The summed E-state index contributed by atoms with van der Waals surface area (Å²) >= 11 is 0. The molecule has 0 amide bonds. The van der Waals surface area contributed by atoms with E-state index >= 15 is 0 Å². The van der Waals surface area contributed by atoms with Crippen LogP contribution in [0.3, 0.4) is 0 Å². The van der Waals surface area contributed by atoms with Gasteiger partial charge in [-0.05, 0) is 24.3 Å². The van der Waals surface area contributed by atoms with Gasteiger partial charge in [-0.3, -0.25) is 4.68 Å². The Labute approximate surface area is 114 Å². The molecule has 1 aromatic carbocycles. The summed E-state index contributed by atoms with van der Waals surface area (Å²) in [5.74, 6) is 1.40. The van der Waals surface area contributed by atoms with Crippen molar-refractivity contribution in [1.29, 1.82) is 0 Å². The summed E-state index contributed by atoms with van der Waals surface area (Å²) in [7, 11) is 1.89. The second-order valence-corrected chi connectivity index (χ2v) is 5.50. The molecule has 0 bridgehead atoms. The molecular weight excluding hydrogens is 234 g/mol. The van der Waals surface area contributed by atoms with E-state index in [4.69, 9.17) is 5.73 Å². The van der Waals surface area contributed by atoms with Gasteiger partial charge in [-0.1, -0.05) is 43.5 Å². The Balaban J connectivity index is 2.01. The van der Waals surface area contributed by atoms with Crippen LogP contribution >= 0.6 is 0 Å². The fraction of sp³-hybridized carbons (Fsp3) is 0.438. The molecule has 2 N–H and O–H groups in total. The molecule has 3 nitrogen and oxygen atoms in total. The molecule has 0 atom stereocenters. The van der Waals surface area contributed by atoms with Gasteiger partial charge in [0.2, 0.25) is 0 Å². The van der Waals surface area contributed by atoms with Gasteiger partial charge in [0, 0.05) is 18.7 Å². The van der Waals surface area contributed by atoms with Crippen LogP contribution in [-0.4, -0.2) is 9.78 Å². The van der Waals surface area contributed by atoms with Crippen molar-refractivity contribution in [2.45, 2.75) is 38.0 Å². The van der Waals surface area contributed by atoms with Crippen molar-refractivity contribution in [3.63, 3.8) is 0 Å². The molecule has 3 heteroatoms. The van der Waals surface area contributed by atoms with Crippen molar-refractivity contribution < 1.29 is 0 Å². The van der Waals surface area contributed by atoms with Crippen molar-refractivity contribution in [2.24, 2.45) is 7.05 Å². The SMILES string of the molecule is Cn1nc(-c2ccccc2C2CCCCC2)cc1N. The lowest BCUT2D eigenvalue weighted by atomic mass is 9.81. The number of hydrogen-bond acceptors (Lipinski definition) is 2. The van der Waals surface area contributed by atoms with E-state index in [1.165, 1.54) is 43.2 Å². The Bertz CT molecular complexity index is 546. The molecule has 1 heterocycles. The third kappa shape index (κ3) is 2.37. The van der Waals surface area contributed by atoms with Crippen LogP contribution in [0.5, 0.6) is 0 Å². The first kappa shape index (κ1) is 12.3. The molecule has 1 aliphatic carbocycles. The van der Waals surface area contributed by atoms with Crippen LogP contribution in [0.2, 0.25) is 0 Å². The Morgan fingerprint density at radius 1 is 1.16 bits per heavy atom. The van der Waals surface area contributed by atoms with E-state index in [0.717, 1.165) is 5.69 Å². The van der Waals surface area contributed by atoms with Crippen LogP contribution in [0.15, 0.2) is 30.3 Å². The van der Waals surface area contributed by atoms with Gasteiger partial charge in [0.05, 0.1) is 5.69 Å². The normalized spacial score (nSPS) is 16.7. The van der Waals surface area contributed by atoms with Gasteiger partial charge in [-0.2, -0.15) is 5.10 Å². The molecular formula is C16H21N3. The van der Waals surface area contributed by atoms with Gasteiger partial charge in [0.15, 0.2) is 0 Å². The van der Waals surface area contributed by atoms with Crippen molar-refractivity contribution in [1.82, 2.24) is 9.78 Å². The van der Waals surface area contributed by atoms with E-state index in [-0.39, 0.29) is 0 Å². The van der Waals surface area contributed by atoms with Crippen molar-refractivity contribution in [3.05, 3.63) is 35.9 Å². The number of nitrogen functional groups attached to an aromatic ring is 1. The van der Waals surface area contributed by atoms with E-state index in [1.807, 2.05) is 13.1 Å². The fourth-order valence-corrected chi connectivity index (χ4v) is 3.11. The second kappa shape index (κ2) is 5.08. The Morgan fingerprint density at radius 3 is 2.58 bits per heavy atom. The molecule has 0 saturated heterocycles. The molecule has 0 radical (unpaired) electrons. The number of anilines is 1. The highest BCUT2D eigenvalue weighted by Gasteiger charge is 2.19. The monoisotopic (exact) mass is 255 g/mol. The number of aromatic nitrogens is 2. The van der Waals surface area contributed by atoms with Crippen LogP contribution in [-0.2, 0) is 7.05 Å². The topological polar surface area (TPSA) is 43.8 Å². The van der Waals surface area contributed by atoms with Crippen LogP contribution in [0.4, 0.5) is 5.82 Å².